The highest BCUT2D eigenvalue weighted by Crippen LogP contribution is 2.21. The Bertz CT molecular complexity index is 626. The molecule has 5 nitrogen and oxygen atoms in total. The number of halogens is 2. The molecule has 0 spiro atoms. The van der Waals surface area contributed by atoms with Gasteiger partial charge < -0.3 is 15.1 Å². The first-order chi connectivity index (χ1) is 10.2. The molecule has 0 bridgehead atoms. The predicted octanol–water partition coefficient (Wildman–Crippen LogP) is 2.51. The van der Waals surface area contributed by atoms with Gasteiger partial charge in [0.1, 0.15) is 5.76 Å². The molecule has 1 unspecified atom stereocenters. The van der Waals surface area contributed by atoms with E-state index in [0.717, 1.165) is 25.1 Å². The van der Waals surface area contributed by atoms with E-state index in [-0.39, 0.29) is 43.2 Å². The number of hydrogen-bond acceptors (Lipinski definition) is 4. The van der Waals surface area contributed by atoms with Gasteiger partial charge in [-0.1, -0.05) is 18.2 Å². The van der Waals surface area contributed by atoms with Gasteiger partial charge >= 0.3 is 0 Å². The molecular formula is C16H21Cl2N3O2. The highest BCUT2D eigenvalue weighted by atomic mass is 35.5. The first-order valence-corrected chi connectivity index (χ1v) is 7.24. The fourth-order valence-electron chi connectivity index (χ4n) is 2.50. The van der Waals surface area contributed by atoms with Crippen LogP contribution in [0.25, 0.3) is 11.5 Å². The van der Waals surface area contributed by atoms with Crippen molar-refractivity contribution in [3.8, 4) is 11.5 Å². The van der Waals surface area contributed by atoms with Gasteiger partial charge in [-0.25, -0.2) is 4.98 Å². The number of nitrogens with zero attached hydrogens (tertiary/aromatic N) is 1. The molecule has 3 rings (SSSR count). The lowest BCUT2D eigenvalue weighted by atomic mass is 10.2. The van der Waals surface area contributed by atoms with Gasteiger partial charge in [0.2, 0.25) is 11.8 Å². The molecule has 1 atom stereocenters. The molecule has 1 aromatic heterocycles. The summed E-state index contributed by atoms with van der Waals surface area (Å²) >= 11 is 0. The average molecular weight is 358 g/mol. The van der Waals surface area contributed by atoms with Crippen molar-refractivity contribution in [1.82, 2.24) is 15.6 Å². The third-order valence-electron chi connectivity index (χ3n) is 3.67. The van der Waals surface area contributed by atoms with Gasteiger partial charge in [0.15, 0.2) is 0 Å². The third kappa shape index (κ3) is 4.96. The number of rotatable bonds is 4. The highest BCUT2D eigenvalue weighted by Gasteiger charge is 2.19. The number of benzene rings is 1. The Balaban J connectivity index is 0.00000132. The molecule has 0 aliphatic carbocycles. The van der Waals surface area contributed by atoms with E-state index in [1.807, 2.05) is 37.3 Å². The Labute approximate surface area is 148 Å². The van der Waals surface area contributed by atoms with E-state index in [0.29, 0.717) is 17.3 Å². The van der Waals surface area contributed by atoms with Crippen LogP contribution in [-0.4, -0.2) is 30.0 Å². The van der Waals surface area contributed by atoms with Crippen LogP contribution in [0.2, 0.25) is 0 Å². The maximum absolute atomic E-state index is 12.0. The number of oxazole rings is 1. The lowest BCUT2D eigenvalue weighted by Gasteiger charge is -2.10. The van der Waals surface area contributed by atoms with Crippen molar-refractivity contribution in [2.75, 3.05) is 13.1 Å². The number of aromatic nitrogens is 1. The Morgan fingerprint density at radius 2 is 2.09 bits per heavy atom. The molecular weight excluding hydrogens is 337 g/mol. The zero-order chi connectivity index (χ0) is 14.7. The maximum atomic E-state index is 12.0. The predicted molar refractivity (Wildman–Crippen MR) is 94.3 cm³/mol. The van der Waals surface area contributed by atoms with E-state index in [4.69, 9.17) is 4.42 Å². The molecule has 0 radical (unpaired) electrons. The minimum absolute atomic E-state index is 0. The molecule has 23 heavy (non-hydrogen) atoms. The van der Waals surface area contributed by atoms with Crippen LogP contribution < -0.4 is 10.6 Å². The molecule has 2 heterocycles. The summed E-state index contributed by atoms with van der Waals surface area (Å²) in [7, 11) is 0. The summed E-state index contributed by atoms with van der Waals surface area (Å²) in [5.74, 6) is 1.27. The average Bonchev–Trinajstić information content (AvgIpc) is 3.11. The zero-order valence-electron chi connectivity index (χ0n) is 12.9. The summed E-state index contributed by atoms with van der Waals surface area (Å²) in [6, 6.07) is 9.95. The number of amides is 1. The minimum atomic E-state index is -0.000267. The Kier molecular flexibility index (Phi) is 7.55. The number of carbonyl (C=O) groups excluding carboxylic acids is 1. The van der Waals surface area contributed by atoms with Crippen LogP contribution in [0.3, 0.4) is 0 Å². The van der Waals surface area contributed by atoms with Gasteiger partial charge in [0.25, 0.3) is 0 Å². The molecule has 1 saturated heterocycles. The van der Waals surface area contributed by atoms with E-state index >= 15 is 0 Å². The summed E-state index contributed by atoms with van der Waals surface area (Å²) in [6.07, 6.45) is 1.25. The van der Waals surface area contributed by atoms with Gasteiger partial charge in [-0.2, -0.15) is 0 Å². The van der Waals surface area contributed by atoms with Crippen LogP contribution in [0.1, 0.15) is 17.9 Å². The van der Waals surface area contributed by atoms with E-state index in [1.165, 1.54) is 0 Å². The smallest absolute Gasteiger partial charge is 0.226 e. The molecule has 1 aromatic carbocycles. The molecule has 0 saturated carbocycles. The normalized spacial score (nSPS) is 16.3. The molecule has 1 amide bonds. The second kappa shape index (κ2) is 8.91. The molecule has 1 aliphatic heterocycles. The van der Waals surface area contributed by atoms with Crippen LogP contribution in [0.4, 0.5) is 0 Å². The molecule has 2 N–H and O–H groups in total. The van der Waals surface area contributed by atoms with Gasteiger partial charge in [-0.05, 0) is 32.0 Å². The molecule has 1 aliphatic rings. The summed E-state index contributed by atoms with van der Waals surface area (Å²) < 4.78 is 5.67. The van der Waals surface area contributed by atoms with Gasteiger partial charge in [-0.15, -0.1) is 24.8 Å². The fourth-order valence-corrected chi connectivity index (χ4v) is 2.50. The number of hydrogen-bond donors (Lipinski definition) is 2. The van der Waals surface area contributed by atoms with Crippen LogP contribution >= 0.6 is 24.8 Å². The lowest BCUT2D eigenvalue weighted by molar-refractivity contribution is -0.121. The maximum Gasteiger partial charge on any atom is 0.226 e. The summed E-state index contributed by atoms with van der Waals surface area (Å²) in [5.41, 5.74) is 1.63. The van der Waals surface area contributed by atoms with E-state index < -0.39 is 0 Å². The second-order valence-corrected chi connectivity index (χ2v) is 5.32. The summed E-state index contributed by atoms with van der Waals surface area (Å²) in [4.78, 5) is 16.5. The van der Waals surface area contributed by atoms with Crippen molar-refractivity contribution in [1.29, 1.82) is 0 Å². The zero-order valence-corrected chi connectivity index (χ0v) is 14.5. The molecule has 126 valence electrons. The van der Waals surface area contributed by atoms with Crippen LogP contribution in [0.5, 0.6) is 0 Å². The van der Waals surface area contributed by atoms with Crippen molar-refractivity contribution >= 4 is 30.7 Å². The first-order valence-electron chi connectivity index (χ1n) is 7.24. The Hall–Kier alpha value is -1.56. The SMILES string of the molecule is Cc1oc(-c2ccccc2)nc1CC(=O)NC1CCNC1.Cl.Cl. The van der Waals surface area contributed by atoms with E-state index in [1.54, 1.807) is 0 Å². The van der Waals surface area contributed by atoms with Crippen molar-refractivity contribution in [2.24, 2.45) is 0 Å². The lowest BCUT2D eigenvalue weighted by Crippen LogP contribution is -2.37. The van der Waals surface area contributed by atoms with Gasteiger partial charge in [-0.3, -0.25) is 4.79 Å². The van der Waals surface area contributed by atoms with Crippen molar-refractivity contribution in [3.63, 3.8) is 0 Å². The monoisotopic (exact) mass is 357 g/mol. The summed E-state index contributed by atoms with van der Waals surface area (Å²) in [6.45, 7) is 3.66. The van der Waals surface area contributed by atoms with Gasteiger partial charge in [0, 0.05) is 18.2 Å². The quantitative estimate of drug-likeness (QED) is 0.882. The first kappa shape index (κ1) is 19.5. The standard InChI is InChI=1S/C16H19N3O2.2ClH/c1-11-14(9-15(20)18-13-7-8-17-10-13)19-16(21-11)12-5-3-2-4-6-12;;/h2-6,13,17H,7-10H2,1H3,(H,18,20);2*1H. The topological polar surface area (TPSA) is 67.2 Å². The Morgan fingerprint density at radius 3 is 2.74 bits per heavy atom. The molecule has 2 aromatic rings. The Morgan fingerprint density at radius 1 is 1.35 bits per heavy atom. The largest absolute Gasteiger partial charge is 0.441 e. The van der Waals surface area contributed by atoms with Crippen LogP contribution in [0, 0.1) is 6.92 Å². The summed E-state index contributed by atoms with van der Waals surface area (Å²) in [5, 5.41) is 6.25. The molecule has 1 fully saturated rings. The molecule has 7 heteroatoms. The number of carbonyl (C=O) groups is 1. The van der Waals surface area contributed by atoms with Crippen LogP contribution in [0.15, 0.2) is 34.7 Å². The third-order valence-corrected chi connectivity index (χ3v) is 3.67. The number of aryl methyl sites for hydroxylation is 1. The fraction of sp³-hybridized carbons (Fsp3) is 0.375. The van der Waals surface area contributed by atoms with Gasteiger partial charge in [0.05, 0.1) is 12.1 Å². The second-order valence-electron chi connectivity index (χ2n) is 5.32. The van der Waals surface area contributed by atoms with Crippen molar-refractivity contribution in [2.45, 2.75) is 25.8 Å². The van der Waals surface area contributed by atoms with Crippen molar-refractivity contribution < 1.29 is 9.21 Å². The highest BCUT2D eigenvalue weighted by molar-refractivity contribution is 5.85. The van der Waals surface area contributed by atoms with Crippen LogP contribution in [-0.2, 0) is 11.2 Å². The van der Waals surface area contributed by atoms with Crippen molar-refractivity contribution in [3.05, 3.63) is 41.8 Å². The minimum Gasteiger partial charge on any atom is -0.441 e. The number of nitrogens with one attached hydrogen (secondary N) is 2. The van der Waals surface area contributed by atoms with E-state index in [9.17, 15) is 4.79 Å². The van der Waals surface area contributed by atoms with E-state index in [2.05, 4.69) is 15.6 Å².